The molecule has 0 unspecified atom stereocenters. The highest BCUT2D eigenvalue weighted by Crippen LogP contribution is 2.33. The van der Waals surface area contributed by atoms with Crippen LogP contribution < -0.4 is 9.50 Å². The van der Waals surface area contributed by atoms with Crippen LogP contribution in [0.4, 0.5) is 5.69 Å². The second-order valence-corrected chi connectivity index (χ2v) is 10.8. The first-order valence-electron chi connectivity index (χ1n) is 10.9. The fourth-order valence-electron chi connectivity index (χ4n) is 3.38. The van der Waals surface area contributed by atoms with E-state index < -0.39 is 10.1 Å². The normalized spacial score (nSPS) is 13.6. The Balaban J connectivity index is 1.83. The molecule has 1 N–H and O–H groups in total. The van der Waals surface area contributed by atoms with Crippen molar-refractivity contribution in [1.82, 2.24) is 4.90 Å². The summed E-state index contributed by atoms with van der Waals surface area (Å²) in [5.74, 6) is 0.601. The summed E-state index contributed by atoms with van der Waals surface area (Å²) in [4.78, 5) is 25.7. The molecule has 0 radical (unpaired) electrons. The standard InChI is InChI=1S/C24H29ClN2O5S/c1-16(2)12-24(29)27(14-18-4-5-18)15-19-13-20(25)6-11-23(19)32-33(30,31)22-9-7-21(8-10-22)26-17(3)28/h6-11,13,16,18H,4-5,12,14-15H2,1-3H3,(H,26,28). The highest BCUT2D eigenvalue weighted by molar-refractivity contribution is 7.87. The van der Waals surface area contributed by atoms with Crippen LogP contribution in [0.25, 0.3) is 0 Å². The molecule has 0 heterocycles. The van der Waals surface area contributed by atoms with Gasteiger partial charge in [0.25, 0.3) is 0 Å². The van der Waals surface area contributed by atoms with Gasteiger partial charge < -0.3 is 14.4 Å². The monoisotopic (exact) mass is 492 g/mol. The van der Waals surface area contributed by atoms with Crippen LogP contribution in [-0.2, 0) is 26.3 Å². The van der Waals surface area contributed by atoms with Gasteiger partial charge in [0.15, 0.2) is 0 Å². The summed E-state index contributed by atoms with van der Waals surface area (Å²) in [5.41, 5.74) is 1.01. The molecule has 0 spiro atoms. The molecule has 1 saturated carbocycles. The molecule has 2 amide bonds. The Morgan fingerprint density at radius 2 is 1.82 bits per heavy atom. The lowest BCUT2D eigenvalue weighted by atomic mass is 10.1. The molecule has 0 aliphatic heterocycles. The van der Waals surface area contributed by atoms with Crippen LogP contribution in [0.3, 0.4) is 0 Å². The van der Waals surface area contributed by atoms with E-state index in [9.17, 15) is 18.0 Å². The zero-order valence-electron chi connectivity index (χ0n) is 19.0. The maximum absolute atomic E-state index is 12.9. The quantitative estimate of drug-likeness (QED) is 0.478. The first-order valence-corrected chi connectivity index (χ1v) is 12.7. The summed E-state index contributed by atoms with van der Waals surface area (Å²) in [6, 6.07) is 10.4. The van der Waals surface area contributed by atoms with Crippen LogP contribution >= 0.6 is 11.6 Å². The highest BCUT2D eigenvalue weighted by Gasteiger charge is 2.28. The van der Waals surface area contributed by atoms with Crippen molar-refractivity contribution >= 4 is 39.2 Å². The largest absolute Gasteiger partial charge is 0.379 e. The number of carbonyl (C=O) groups excluding carboxylic acids is 2. The Morgan fingerprint density at radius 3 is 2.39 bits per heavy atom. The number of nitrogens with one attached hydrogen (secondary N) is 1. The smallest absolute Gasteiger partial charge is 0.339 e. The number of nitrogens with zero attached hydrogens (tertiary/aromatic N) is 1. The van der Waals surface area contributed by atoms with Gasteiger partial charge in [0.2, 0.25) is 11.8 Å². The summed E-state index contributed by atoms with van der Waals surface area (Å²) >= 11 is 6.19. The zero-order chi connectivity index (χ0) is 24.2. The minimum atomic E-state index is -4.14. The second-order valence-electron chi connectivity index (χ2n) is 8.81. The van der Waals surface area contributed by atoms with Crippen LogP contribution in [0, 0.1) is 11.8 Å². The molecule has 0 aromatic heterocycles. The summed E-state index contributed by atoms with van der Waals surface area (Å²) in [5, 5.41) is 3.02. The van der Waals surface area contributed by atoms with Gasteiger partial charge in [-0.25, -0.2) is 0 Å². The van der Waals surface area contributed by atoms with Gasteiger partial charge in [-0.3, -0.25) is 9.59 Å². The van der Waals surface area contributed by atoms with E-state index in [2.05, 4.69) is 5.32 Å². The number of benzene rings is 2. The Morgan fingerprint density at radius 1 is 1.15 bits per heavy atom. The Labute approximate surface area is 200 Å². The van der Waals surface area contributed by atoms with E-state index in [1.807, 2.05) is 13.8 Å². The molecule has 0 bridgehead atoms. The number of carbonyl (C=O) groups is 2. The Hall–Kier alpha value is -2.58. The molecule has 178 valence electrons. The van der Waals surface area contributed by atoms with Crippen LogP contribution in [0.15, 0.2) is 47.4 Å². The molecule has 0 saturated heterocycles. The van der Waals surface area contributed by atoms with Gasteiger partial charge in [-0.1, -0.05) is 25.4 Å². The predicted octanol–water partition coefficient (Wildman–Crippen LogP) is 4.85. The number of hydrogen-bond donors (Lipinski definition) is 1. The van der Waals surface area contributed by atoms with Gasteiger partial charge in [-0.2, -0.15) is 8.42 Å². The van der Waals surface area contributed by atoms with Gasteiger partial charge in [-0.05, 0) is 67.1 Å². The molecule has 2 aromatic rings. The van der Waals surface area contributed by atoms with Gasteiger partial charge in [0.05, 0.1) is 0 Å². The van der Waals surface area contributed by atoms with Crippen molar-refractivity contribution < 1.29 is 22.2 Å². The van der Waals surface area contributed by atoms with E-state index in [-0.39, 0.29) is 34.9 Å². The zero-order valence-corrected chi connectivity index (χ0v) is 20.6. The van der Waals surface area contributed by atoms with Crippen molar-refractivity contribution in [2.45, 2.75) is 51.5 Å². The third kappa shape index (κ3) is 7.47. The lowest BCUT2D eigenvalue weighted by Gasteiger charge is -2.25. The number of rotatable bonds is 10. The van der Waals surface area contributed by atoms with Gasteiger partial charge in [0, 0.05) is 42.7 Å². The van der Waals surface area contributed by atoms with E-state index in [4.69, 9.17) is 15.8 Å². The molecule has 3 rings (SSSR count). The molecular weight excluding hydrogens is 464 g/mol. The third-order valence-electron chi connectivity index (χ3n) is 5.16. The Kier molecular flexibility index (Phi) is 8.02. The summed E-state index contributed by atoms with van der Waals surface area (Å²) in [7, 11) is -4.14. The van der Waals surface area contributed by atoms with E-state index in [0.29, 0.717) is 35.2 Å². The fraction of sp³-hybridized carbons (Fsp3) is 0.417. The van der Waals surface area contributed by atoms with Crippen molar-refractivity contribution in [1.29, 1.82) is 0 Å². The van der Waals surface area contributed by atoms with E-state index >= 15 is 0 Å². The maximum atomic E-state index is 12.9. The molecule has 7 nitrogen and oxygen atoms in total. The van der Waals surface area contributed by atoms with Crippen molar-refractivity contribution in [3.8, 4) is 5.75 Å². The molecule has 2 aromatic carbocycles. The van der Waals surface area contributed by atoms with E-state index in [0.717, 1.165) is 12.8 Å². The molecular formula is C24H29ClN2O5S. The average Bonchev–Trinajstić information content (AvgIpc) is 3.53. The minimum Gasteiger partial charge on any atom is -0.379 e. The SMILES string of the molecule is CC(=O)Nc1ccc(S(=O)(=O)Oc2ccc(Cl)cc2CN(CC2CC2)C(=O)CC(C)C)cc1. The summed E-state index contributed by atoms with van der Waals surface area (Å²) in [6.07, 6.45) is 2.60. The van der Waals surface area contributed by atoms with Crippen LogP contribution in [-0.4, -0.2) is 31.7 Å². The van der Waals surface area contributed by atoms with Gasteiger partial charge >= 0.3 is 10.1 Å². The number of amides is 2. The second kappa shape index (κ2) is 10.6. The lowest BCUT2D eigenvalue weighted by Crippen LogP contribution is -2.33. The number of halogens is 1. The molecule has 1 aliphatic rings. The van der Waals surface area contributed by atoms with E-state index in [1.54, 1.807) is 17.0 Å². The molecule has 0 atom stereocenters. The van der Waals surface area contributed by atoms with Crippen molar-refractivity contribution in [3.63, 3.8) is 0 Å². The molecule has 33 heavy (non-hydrogen) atoms. The molecule has 1 fully saturated rings. The highest BCUT2D eigenvalue weighted by atomic mass is 35.5. The molecule has 1 aliphatic carbocycles. The molecule has 9 heteroatoms. The fourth-order valence-corrected chi connectivity index (χ4v) is 4.54. The van der Waals surface area contributed by atoms with Crippen LogP contribution in [0.2, 0.25) is 5.02 Å². The first kappa shape index (κ1) is 25.1. The lowest BCUT2D eigenvalue weighted by molar-refractivity contribution is -0.132. The van der Waals surface area contributed by atoms with Crippen molar-refractivity contribution in [2.75, 3.05) is 11.9 Å². The summed E-state index contributed by atoms with van der Waals surface area (Å²) < 4.78 is 31.3. The van der Waals surface area contributed by atoms with Crippen LogP contribution in [0.5, 0.6) is 5.75 Å². The third-order valence-corrected chi connectivity index (χ3v) is 6.64. The van der Waals surface area contributed by atoms with Gasteiger partial charge in [-0.15, -0.1) is 0 Å². The van der Waals surface area contributed by atoms with E-state index in [1.165, 1.54) is 37.3 Å². The first-order chi connectivity index (χ1) is 15.5. The topological polar surface area (TPSA) is 92.8 Å². The Bertz CT molecular complexity index is 1110. The van der Waals surface area contributed by atoms with Crippen molar-refractivity contribution in [2.24, 2.45) is 11.8 Å². The summed E-state index contributed by atoms with van der Waals surface area (Å²) in [6.45, 7) is 6.20. The number of anilines is 1. The minimum absolute atomic E-state index is 0.0271. The predicted molar refractivity (Wildman–Crippen MR) is 128 cm³/mol. The average molecular weight is 493 g/mol. The van der Waals surface area contributed by atoms with Crippen molar-refractivity contribution in [3.05, 3.63) is 53.1 Å². The van der Waals surface area contributed by atoms with Gasteiger partial charge in [0.1, 0.15) is 10.6 Å². The van der Waals surface area contributed by atoms with Crippen LogP contribution in [0.1, 0.15) is 45.6 Å². The number of hydrogen-bond acceptors (Lipinski definition) is 5. The maximum Gasteiger partial charge on any atom is 0.339 e.